The van der Waals surface area contributed by atoms with Gasteiger partial charge in [0, 0.05) is 12.8 Å². The van der Waals surface area contributed by atoms with Crippen molar-refractivity contribution in [2.45, 2.75) is 44.7 Å². The fraction of sp³-hybridized carbons (Fsp3) is 0.583. The molecular weight excluding hydrogens is 316 g/mol. The quantitative estimate of drug-likeness (QED) is 0.333. The van der Waals surface area contributed by atoms with E-state index in [9.17, 15) is 19.2 Å². The number of thiocarbonyl (C=S) groups is 1. The molecule has 2 atom stereocenters. The Morgan fingerprint density at radius 3 is 1.64 bits per heavy atom. The third kappa shape index (κ3) is 8.84. The highest BCUT2D eigenvalue weighted by Gasteiger charge is 2.23. The van der Waals surface area contributed by atoms with Gasteiger partial charge in [0.1, 0.15) is 17.9 Å². The van der Waals surface area contributed by atoms with E-state index in [1.165, 1.54) is 6.92 Å². The van der Waals surface area contributed by atoms with Gasteiger partial charge in [-0.2, -0.15) is 0 Å². The van der Waals surface area contributed by atoms with Gasteiger partial charge >= 0.3 is 17.9 Å². The summed E-state index contributed by atoms with van der Waals surface area (Å²) < 4.78 is 0. The van der Waals surface area contributed by atoms with Crippen LogP contribution in [-0.4, -0.2) is 56.2 Å². The van der Waals surface area contributed by atoms with Crippen molar-refractivity contribution in [3.8, 4) is 0 Å². The van der Waals surface area contributed by atoms with Crippen LogP contribution in [0.2, 0.25) is 0 Å². The second-order valence-electron chi connectivity index (χ2n) is 4.57. The number of Topliss-reactive ketones (excluding diaryl/α,β-unsaturated/α-hetero) is 1. The van der Waals surface area contributed by atoms with Crippen molar-refractivity contribution in [2.75, 3.05) is 0 Å². The molecule has 10 heteroatoms. The van der Waals surface area contributed by atoms with Crippen molar-refractivity contribution < 1.29 is 34.5 Å². The fourth-order valence-electron chi connectivity index (χ4n) is 1.49. The van der Waals surface area contributed by atoms with Crippen LogP contribution < -0.4 is 10.6 Å². The van der Waals surface area contributed by atoms with Crippen LogP contribution in [-0.2, 0) is 19.2 Å². The molecule has 22 heavy (non-hydrogen) atoms. The van der Waals surface area contributed by atoms with Crippen LogP contribution in [0.25, 0.3) is 0 Å². The maximum Gasteiger partial charge on any atom is 0.326 e. The van der Waals surface area contributed by atoms with Crippen LogP contribution >= 0.6 is 12.2 Å². The lowest BCUT2D eigenvalue weighted by molar-refractivity contribution is -0.141. The van der Waals surface area contributed by atoms with Crippen molar-refractivity contribution in [3.63, 3.8) is 0 Å². The number of hydrogen-bond acceptors (Lipinski definition) is 5. The summed E-state index contributed by atoms with van der Waals surface area (Å²) in [6.07, 6.45) is -0.551. The number of ketones is 1. The molecule has 0 spiro atoms. The van der Waals surface area contributed by atoms with Crippen LogP contribution in [0.15, 0.2) is 0 Å². The minimum absolute atomic E-state index is 0.000644. The molecule has 0 aliphatic heterocycles. The van der Waals surface area contributed by atoms with Gasteiger partial charge in [-0.25, -0.2) is 9.59 Å². The third-order valence-corrected chi connectivity index (χ3v) is 2.87. The Morgan fingerprint density at radius 2 is 1.32 bits per heavy atom. The summed E-state index contributed by atoms with van der Waals surface area (Å²) in [5, 5.41) is 31.0. The van der Waals surface area contributed by atoms with E-state index in [4.69, 9.17) is 27.5 Å². The van der Waals surface area contributed by atoms with Gasteiger partial charge in [0.2, 0.25) is 0 Å². The maximum atomic E-state index is 11.0. The van der Waals surface area contributed by atoms with Gasteiger partial charge in [-0.3, -0.25) is 4.79 Å². The molecule has 5 N–H and O–H groups in total. The topological polar surface area (TPSA) is 153 Å². The van der Waals surface area contributed by atoms with Gasteiger partial charge in [-0.15, -0.1) is 0 Å². The van der Waals surface area contributed by atoms with E-state index in [0.29, 0.717) is 0 Å². The molecular formula is C12H18N2O7S. The summed E-state index contributed by atoms with van der Waals surface area (Å²) in [4.78, 5) is 43.3. The van der Waals surface area contributed by atoms with E-state index >= 15 is 0 Å². The zero-order valence-corrected chi connectivity index (χ0v) is 12.7. The maximum absolute atomic E-state index is 11.0. The van der Waals surface area contributed by atoms with Gasteiger partial charge in [-0.05, 0) is 32.0 Å². The molecule has 0 rings (SSSR count). The van der Waals surface area contributed by atoms with Crippen LogP contribution in [0, 0.1) is 0 Å². The smallest absolute Gasteiger partial charge is 0.326 e. The van der Waals surface area contributed by atoms with Crippen molar-refractivity contribution in [3.05, 3.63) is 0 Å². The molecule has 0 bridgehead atoms. The summed E-state index contributed by atoms with van der Waals surface area (Å²) in [7, 11) is 0. The zero-order chi connectivity index (χ0) is 17.3. The number of aliphatic carboxylic acids is 3. The number of nitrogens with one attached hydrogen (secondary N) is 2. The van der Waals surface area contributed by atoms with Gasteiger partial charge in [0.05, 0.1) is 0 Å². The van der Waals surface area contributed by atoms with Crippen molar-refractivity contribution in [1.82, 2.24) is 10.6 Å². The number of rotatable bonds is 10. The molecule has 0 saturated heterocycles. The number of carboxylic acid groups (broad SMARTS) is 3. The molecule has 0 fully saturated rings. The second kappa shape index (κ2) is 9.66. The van der Waals surface area contributed by atoms with Gasteiger partial charge in [0.25, 0.3) is 0 Å². The molecule has 0 heterocycles. The Hall–Kier alpha value is -2.23. The van der Waals surface area contributed by atoms with Crippen LogP contribution in [0.1, 0.15) is 32.6 Å². The largest absolute Gasteiger partial charge is 0.481 e. The summed E-state index contributed by atoms with van der Waals surface area (Å²) in [6.45, 7) is 1.32. The standard InChI is InChI=1S/C12H18N2O7S/c1-6(15)2-3-7(10(18)19)13-12(22)14-8(11(20)21)4-5-9(16)17/h7-8H,2-5H2,1H3,(H,16,17)(H,18,19)(H,20,21)(H2,13,14,22). The molecule has 0 amide bonds. The first-order valence-corrected chi connectivity index (χ1v) is 6.78. The van der Waals surface area contributed by atoms with E-state index in [0.717, 1.165) is 0 Å². The van der Waals surface area contributed by atoms with Gasteiger partial charge in [-0.1, -0.05) is 0 Å². The van der Waals surface area contributed by atoms with Gasteiger partial charge < -0.3 is 30.7 Å². The summed E-state index contributed by atoms with van der Waals surface area (Å²) in [6, 6.07) is -2.39. The van der Waals surface area contributed by atoms with Crippen molar-refractivity contribution in [1.29, 1.82) is 0 Å². The fourth-order valence-corrected chi connectivity index (χ4v) is 1.77. The summed E-state index contributed by atoms with van der Waals surface area (Å²) in [5.41, 5.74) is 0. The second-order valence-corrected chi connectivity index (χ2v) is 4.98. The Kier molecular flexibility index (Phi) is 8.68. The first-order valence-electron chi connectivity index (χ1n) is 6.37. The lowest BCUT2D eigenvalue weighted by Gasteiger charge is -2.20. The highest BCUT2D eigenvalue weighted by Crippen LogP contribution is 2.01. The molecule has 0 aromatic carbocycles. The number of carboxylic acids is 3. The Labute approximate surface area is 131 Å². The van der Waals surface area contributed by atoms with Crippen LogP contribution in [0.4, 0.5) is 0 Å². The SMILES string of the molecule is CC(=O)CCC(NC(=S)NC(CCC(=O)O)C(=O)O)C(=O)O. The van der Waals surface area contributed by atoms with E-state index in [2.05, 4.69) is 10.6 Å². The number of carbonyl (C=O) groups excluding carboxylic acids is 1. The molecule has 0 radical (unpaired) electrons. The van der Waals surface area contributed by atoms with E-state index in [1.807, 2.05) is 0 Å². The first-order chi connectivity index (χ1) is 10.1. The highest BCUT2D eigenvalue weighted by atomic mass is 32.1. The number of carbonyl (C=O) groups is 4. The molecule has 0 aliphatic rings. The monoisotopic (exact) mass is 334 g/mol. The molecule has 9 nitrogen and oxygen atoms in total. The average molecular weight is 334 g/mol. The summed E-state index contributed by atoms with van der Waals surface area (Å²) >= 11 is 4.82. The Balaban J connectivity index is 4.57. The lowest BCUT2D eigenvalue weighted by atomic mass is 10.1. The highest BCUT2D eigenvalue weighted by molar-refractivity contribution is 7.80. The molecule has 0 aliphatic carbocycles. The van der Waals surface area contributed by atoms with E-state index in [-0.39, 0.29) is 36.6 Å². The zero-order valence-electron chi connectivity index (χ0n) is 11.9. The number of hydrogen-bond donors (Lipinski definition) is 5. The van der Waals surface area contributed by atoms with Gasteiger partial charge in [0.15, 0.2) is 5.11 Å². The van der Waals surface area contributed by atoms with Crippen molar-refractivity contribution >= 4 is 41.0 Å². The lowest BCUT2D eigenvalue weighted by Crippen LogP contribution is -2.51. The molecule has 124 valence electrons. The third-order valence-electron chi connectivity index (χ3n) is 2.64. The summed E-state index contributed by atoms with van der Waals surface area (Å²) in [5.74, 6) is -3.88. The van der Waals surface area contributed by atoms with Crippen LogP contribution in [0.3, 0.4) is 0 Å². The minimum atomic E-state index is -1.30. The van der Waals surface area contributed by atoms with Crippen molar-refractivity contribution in [2.24, 2.45) is 0 Å². The molecule has 0 aromatic rings. The average Bonchev–Trinajstić information content (AvgIpc) is 2.38. The minimum Gasteiger partial charge on any atom is -0.481 e. The van der Waals surface area contributed by atoms with E-state index in [1.54, 1.807) is 0 Å². The van der Waals surface area contributed by atoms with E-state index < -0.39 is 30.0 Å². The molecule has 0 aromatic heterocycles. The normalized spacial score (nSPS) is 12.8. The van der Waals surface area contributed by atoms with Crippen LogP contribution in [0.5, 0.6) is 0 Å². The predicted molar refractivity (Wildman–Crippen MR) is 78.5 cm³/mol. The Bertz CT molecular complexity index is 426. The molecule has 0 saturated carbocycles. The first kappa shape index (κ1) is 19.8. The Morgan fingerprint density at radius 1 is 0.909 bits per heavy atom. The molecule has 2 unspecified atom stereocenters. The predicted octanol–water partition coefficient (Wildman–Crippen LogP) is -0.409.